The molecule has 0 spiro atoms. The summed E-state index contributed by atoms with van der Waals surface area (Å²) in [6.07, 6.45) is 6.75. The predicted octanol–water partition coefficient (Wildman–Crippen LogP) is 0.727. The minimum Gasteiger partial charge on any atom is -0.394 e. The minimum atomic E-state index is -0.408. The summed E-state index contributed by atoms with van der Waals surface area (Å²) >= 11 is 0. The van der Waals surface area contributed by atoms with E-state index in [-0.39, 0.29) is 36.5 Å². The zero-order chi connectivity index (χ0) is 16.2. The molecule has 1 aliphatic heterocycles. The van der Waals surface area contributed by atoms with E-state index >= 15 is 0 Å². The average Bonchev–Trinajstić information content (AvgIpc) is 3.29. The Labute approximate surface area is 137 Å². The van der Waals surface area contributed by atoms with Crippen LogP contribution in [0.4, 0.5) is 0 Å². The van der Waals surface area contributed by atoms with Gasteiger partial charge in [0, 0.05) is 12.5 Å². The fraction of sp³-hybridized carbons (Fsp3) is 0.882. The number of amides is 2. The van der Waals surface area contributed by atoms with E-state index < -0.39 is 6.10 Å². The molecule has 2 amide bonds. The molecule has 0 aromatic carbocycles. The van der Waals surface area contributed by atoms with Crippen molar-refractivity contribution < 1.29 is 19.4 Å². The number of aliphatic hydroxyl groups is 1. The third-order valence-electron chi connectivity index (χ3n) is 5.30. The molecule has 1 saturated heterocycles. The molecule has 3 rings (SSSR count). The molecule has 1 heterocycles. The number of hydrogen-bond donors (Lipinski definition) is 3. The average molecular weight is 324 g/mol. The number of rotatable bonds is 7. The number of ether oxygens (including phenoxy) is 1. The predicted molar refractivity (Wildman–Crippen MR) is 84.6 cm³/mol. The topological polar surface area (TPSA) is 87.7 Å². The van der Waals surface area contributed by atoms with Gasteiger partial charge in [0.25, 0.3) is 0 Å². The molecule has 23 heavy (non-hydrogen) atoms. The van der Waals surface area contributed by atoms with E-state index in [1.54, 1.807) is 0 Å². The van der Waals surface area contributed by atoms with Crippen LogP contribution in [-0.4, -0.2) is 48.3 Å². The Morgan fingerprint density at radius 3 is 2.48 bits per heavy atom. The van der Waals surface area contributed by atoms with Gasteiger partial charge in [0.2, 0.25) is 11.8 Å². The van der Waals surface area contributed by atoms with Crippen LogP contribution in [0.25, 0.3) is 0 Å². The van der Waals surface area contributed by atoms with Crippen LogP contribution < -0.4 is 10.6 Å². The third-order valence-corrected chi connectivity index (χ3v) is 5.30. The van der Waals surface area contributed by atoms with Crippen LogP contribution in [0.15, 0.2) is 0 Å². The van der Waals surface area contributed by atoms with Crippen molar-refractivity contribution in [2.75, 3.05) is 13.2 Å². The highest BCUT2D eigenvalue weighted by molar-refractivity contribution is 5.79. The summed E-state index contributed by atoms with van der Waals surface area (Å²) < 4.78 is 5.85. The summed E-state index contributed by atoms with van der Waals surface area (Å²) in [5.74, 6) is 0.919. The van der Waals surface area contributed by atoms with Crippen molar-refractivity contribution in [3.8, 4) is 0 Å². The van der Waals surface area contributed by atoms with Crippen molar-refractivity contribution in [3.63, 3.8) is 0 Å². The fourth-order valence-electron chi connectivity index (χ4n) is 3.28. The lowest BCUT2D eigenvalue weighted by molar-refractivity contribution is -0.138. The highest BCUT2D eigenvalue weighted by Gasteiger charge is 2.35. The molecule has 0 aromatic heterocycles. The van der Waals surface area contributed by atoms with Crippen molar-refractivity contribution in [3.05, 3.63) is 0 Å². The molecule has 6 nitrogen and oxygen atoms in total. The Balaban J connectivity index is 1.41. The normalized spacial score (nSPS) is 31.3. The van der Waals surface area contributed by atoms with Crippen molar-refractivity contribution in [2.45, 2.75) is 69.6 Å². The zero-order valence-electron chi connectivity index (χ0n) is 13.6. The number of carbonyl (C=O) groups is 2. The number of nitrogens with one attached hydrogen (secondary N) is 2. The maximum Gasteiger partial charge on any atom is 0.223 e. The largest absolute Gasteiger partial charge is 0.394 e. The Bertz CT molecular complexity index is 434. The van der Waals surface area contributed by atoms with Gasteiger partial charge in [-0.05, 0) is 44.4 Å². The van der Waals surface area contributed by atoms with E-state index in [0.717, 1.165) is 38.6 Å². The number of aliphatic hydroxyl groups excluding tert-OH is 1. The van der Waals surface area contributed by atoms with Gasteiger partial charge in [-0.1, -0.05) is 6.42 Å². The highest BCUT2D eigenvalue weighted by Crippen LogP contribution is 2.29. The van der Waals surface area contributed by atoms with Crippen LogP contribution in [0, 0.1) is 11.8 Å². The van der Waals surface area contributed by atoms with Gasteiger partial charge < -0.3 is 20.5 Å². The summed E-state index contributed by atoms with van der Waals surface area (Å²) in [5.41, 5.74) is 0. The summed E-state index contributed by atoms with van der Waals surface area (Å²) in [6.45, 7) is 0.644. The van der Waals surface area contributed by atoms with Gasteiger partial charge >= 0.3 is 0 Å². The maximum atomic E-state index is 12.1. The molecule has 2 saturated carbocycles. The Kier molecular flexibility index (Phi) is 5.54. The molecule has 3 N–H and O–H groups in total. The first kappa shape index (κ1) is 16.7. The molecule has 2 aliphatic carbocycles. The third kappa shape index (κ3) is 4.67. The van der Waals surface area contributed by atoms with Gasteiger partial charge in [-0.25, -0.2) is 0 Å². The molecule has 3 atom stereocenters. The number of hydrogen-bond acceptors (Lipinski definition) is 4. The molecule has 0 bridgehead atoms. The quantitative estimate of drug-likeness (QED) is 0.644. The Hall–Kier alpha value is -1.14. The van der Waals surface area contributed by atoms with Gasteiger partial charge in [0.15, 0.2) is 0 Å². The van der Waals surface area contributed by atoms with Crippen molar-refractivity contribution in [2.24, 2.45) is 11.8 Å². The Morgan fingerprint density at radius 1 is 1.09 bits per heavy atom. The molecule has 0 aromatic rings. The van der Waals surface area contributed by atoms with E-state index in [9.17, 15) is 14.7 Å². The first-order valence-electron chi connectivity index (χ1n) is 8.99. The van der Waals surface area contributed by atoms with E-state index in [1.807, 2.05) is 0 Å². The summed E-state index contributed by atoms with van der Waals surface area (Å²) in [7, 11) is 0. The van der Waals surface area contributed by atoms with Crippen LogP contribution in [0.3, 0.4) is 0 Å². The summed E-state index contributed by atoms with van der Waals surface area (Å²) in [5, 5.41) is 15.5. The minimum absolute atomic E-state index is 0.0237. The van der Waals surface area contributed by atoms with Crippen molar-refractivity contribution in [1.82, 2.24) is 10.6 Å². The van der Waals surface area contributed by atoms with Gasteiger partial charge in [0.05, 0.1) is 25.2 Å². The molecule has 0 radical (unpaired) electrons. The molecule has 3 fully saturated rings. The lowest BCUT2D eigenvalue weighted by Gasteiger charge is -2.37. The van der Waals surface area contributed by atoms with Crippen LogP contribution >= 0.6 is 0 Å². The second-order valence-corrected chi connectivity index (χ2v) is 7.25. The molecule has 6 heteroatoms. The van der Waals surface area contributed by atoms with Crippen molar-refractivity contribution in [1.29, 1.82) is 0 Å². The smallest absolute Gasteiger partial charge is 0.223 e. The monoisotopic (exact) mass is 324 g/mol. The van der Waals surface area contributed by atoms with Crippen LogP contribution in [0.5, 0.6) is 0 Å². The summed E-state index contributed by atoms with van der Waals surface area (Å²) in [6, 6.07) is -0.140. The SMILES string of the molecule is O=C(C[C@@H]1CC[C@H](NC(=O)C2CCC2)[C@@H](CO)O1)NCC1CC1. The van der Waals surface area contributed by atoms with E-state index in [1.165, 1.54) is 12.8 Å². The standard InChI is InChI=1S/C17H28N2O4/c20-10-15-14(19-17(22)12-2-1-3-12)7-6-13(23-15)8-16(21)18-9-11-4-5-11/h11-15,20H,1-10H2,(H,18,21)(H,19,22)/t13-,14-,15+/m0/s1. The van der Waals surface area contributed by atoms with E-state index in [4.69, 9.17) is 4.74 Å². The van der Waals surface area contributed by atoms with Crippen LogP contribution in [0.2, 0.25) is 0 Å². The van der Waals surface area contributed by atoms with E-state index in [2.05, 4.69) is 10.6 Å². The number of carbonyl (C=O) groups excluding carboxylic acids is 2. The van der Waals surface area contributed by atoms with Gasteiger partial charge in [0.1, 0.15) is 6.10 Å². The first-order chi connectivity index (χ1) is 11.2. The lowest BCUT2D eigenvalue weighted by atomic mass is 9.84. The first-order valence-corrected chi connectivity index (χ1v) is 8.99. The Morgan fingerprint density at radius 2 is 1.87 bits per heavy atom. The maximum absolute atomic E-state index is 12.1. The summed E-state index contributed by atoms with van der Waals surface area (Å²) in [4.78, 5) is 24.0. The molecule has 3 aliphatic rings. The van der Waals surface area contributed by atoms with Crippen molar-refractivity contribution >= 4 is 11.8 Å². The fourth-order valence-corrected chi connectivity index (χ4v) is 3.28. The van der Waals surface area contributed by atoms with Gasteiger partial charge in [-0.15, -0.1) is 0 Å². The van der Waals surface area contributed by atoms with Crippen LogP contribution in [-0.2, 0) is 14.3 Å². The second kappa shape index (κ2) is 7.62. The molecular weight excluding hydrogens is 296 g/mol. The van der Waals surface area contributed by atoms with E-state index in [0.29, 0.717) is 12.3 Å². The van der Waals surface area contributed by atoms with Gasteiger partial charge in [-0.3, -0.25) is 9.59 Å². The zero-order valence-corrected chi connectivity index (χ0v) is 13.6. The molecule has 130 valence electrons. The highest BCUT2D eigenvalue weighted by atomic mass is 16.5. The van der Waals surface area contributed by atoms with Crippen LogP contribution in [0.1, 0.15) is 51.4 Å². The second-order valence-electron chi connectivity index (χ2n) is 7.25. The molecular formula is C17H28N2O4. The molecule has 0 unspecified atom stereocenters. The lowest BCUT2D eigenvalue weighted by Crippen LogP contribution is -2.53. The van der Waals surface area contributed by atoms with Gasteiger partial charge in [-0.2, -0.15) is 0 Å².